The molecule has 2 fully saturated rings. The summed E-state index contributed by atoms with van der Waals surface area (Å²) >= 11 is 0. The summed E-state index contributed by atoms with van der Waals surface area (Å²) in [5.41, 5.74) is 6.36. The van der Waals surface area contributed by atoms with Crippen LogP contribution in [0.25, 0.3) is 22.0 Å². The number of methoxy groups -OCH3 is 1. The van der Waals surface area contributed by atoms with Crippen molar-refractivity contribution < 1.29 is 29.0 Å². The molecule has 0 radical (unpaired) electrons. The minimum atomic E-state index is -0.930. The number of piperazine rings is 1. The summed E-state index contributed by atoms with van der Waals surface area (Å²) in [6.45, 7) is 4.54. The average Bonchev–Trinajstić information content (AvgIpc) is 3.62. The van der Waals surface area contributed by atoms with E-state index in [0.717, 1.165) is 38.7 Å². The molecule has 6 aromatic rings. The smallest absolute Gasteiger partial charge is 0.334 e. The number of aryl methyl sites for hydroxylation is 1. The number of nitrogens with zero attached hydrogens (tertiary/aromatic N) is 5. The Kier molecular flexibility index (Phi) is 11.6. The molecule has 5 amide bonds. The molecule has 2 atom stereocenters. The fourth-order valence-corrected chi connectivity index (χ4v) is 8.38. The van der Waals surface area contributed by atoms with Gasteiger partial charge in [-0.05, 0) is 70.8 Å². The monoisotopic (exact) mass is 817 g/mol. The Balaban J connectivity index is 1.12. The minimum Gasteiger partial charge on any atom is -0.508 e. The molecule has 0 bridgehead atoms. The number of benzene rings is 5. The number of amides is 5. The predicted octanol–water partition coefficient (Wildman–Crippen LogP) is 6.55. The van der Waals surface area contributed by atoms with Gasteiger partial charge < -0.3 is 34.8 Å². The molecule has 2 saturated heterocycles. The van der Waals surface area contributed by atoms with Crippen LogP contribution in [0.2, 0.25) is 0 Å². The van der Waals surface area contributed by atoms with Crippen LogP contribution in [0.3, 0.4) is 0 Å². The van der Waals surface area contributed by atoms with Crippen LogP contribution in [0.5, 0.6) is 11.5 Å². The molecule has 0 unspecified atom stereocenters. The molecule has 8 rings (SSSR count). The second kappa shape index (κ2) is 17.5. The van der Waals surface area contributed by atoms with Crippen LogP contribution in [0.15, 0.2) is 140 Å². The molecule has 5 aromatic carbocycles. The van der Waals surface area contributed by atoms with Crippen molar-refractivity contribution >= 4 is 40.3 Å². The van der Waals surface area contributed by atoms with Crippen molar-refractivity contribution in [1.82, 2.24) is 29.7 Å². The first-order valence-corrected chi connectivity index (χ1v) is 20.1. The van der Waals surface area contributed by atoms with E-state index in [1.807, 2.05) is 84.5 Å². The number of anilines is 1. The number of ether oxygens (including phenoxy) is 1. The normalized spacial score (nSPS) is 16.7. The van der Waals surface area contributed by atoms with Crippen molar-refractivity contribution in [3.05, 3.63) is 162 Å². The van der Waals surface area contributed by atoms with Gasteiger partial charge in [0.2, 0.25) is 11.8 Å². The standard InChI is InChI=1S/C48H47N7O6/c1-4-24-53-31-44(57)54-42(25-32-16-20-38(56)21-17-32)47(59)52(30-43(54)55(53)48(60)49-27-33-10-6-5-7-11-33)28-36-14-9-15-40-41(29-51(2)45(36)40)34-12-8-13-35(26-34)46(58)50-37-18-22-39(61-3)23-19-37/h4-23,26,29,42-43,56H,1,24-25,27-28,30-31H2,2-3H3,(H,49,60)(H,50,58)/t42-,43-/m0/s1. The predicted molar refractivity (Wildman–Crippen MR) is 233 cm³/mol. The Morgan fingerprint density at radius 1 is 0.902 bits per heavy atom. The number of hydrogen-bond donors (Lipinski definition) is 3. The van der Waals surface area contributed by atoms with Gasteiger partial charge in [0, 0.05) is 61.5 Å². The van der Waals surface area contributed by atoms with E-state index in [0.29, 0.717) is 17.0 Å². The largest absolute Gasteiger partial charge is 0.508 e. The molecule has 13 nitrogen and oxygen atoms in total. The zero-order chi connectivity index (χ0) is 42.6. The lowest BCUT2D eigenvalue weighted by molar-refractivity contribution is -0.189. The van der Waals surface area contributed by atoms with Gasteiger partial charge in [-0.15, -0.1) is 6.58 Å². The maximum Gasteiger partial charge on any atom is 0.334 e. The summed E-state index contributed by atoms with van der Waals surface area (Å²) in [6.07, 6.45) is 3.02. The van der Waals surface area contributed by atoms with Crippen molar-refractivity contribution in [2.24, 2.45) is 7.05 Å². The second-order valence-electron chi connectivity index (χ2n) is 15.2. The maximum atomic E-state index is 14.8. The summed E-state index contributed by atoms with van der Waals surface area (Å²) in [7, 11) is 3.54. The number of hydrogen-bond acceptors (Lipinski definition) is 7. The molecular formula is C48H47N7O6. The molecule has 2 aliphatic heterocycles. The van der Waals surface area contributed by atoms with Crippen LogP contribution in [0.4, 0.5) is 10.5 Å². The molecule has 1 aromatic heterocycles. The summed E-state index contributed by atoms with van der Waals surface area (Å²) in [4.78, 5) is 59.8. The van der Waals surface area contributed by atoms with Crippen LogP contribution < -0.4 is 15.4 Å². The highest BCUT2D eigenvalue weighted by atomic mass is 16.5. The Hall–Kier alpha value is -7.38. The molecule has 310 valence electrons. The summed E-state index contributed by atoms with van der Waals surface area (Å²) < 4.78 is 7.27. The van der Waals surface area contributed by atoms with E-state index >= 15 is 0 Å². The highest BCUT2D eigenvalue weighted by molar-refractivity contribution is 6.06. The lowest BCUT2D eigenvalue weighted by Crippen LogP contribution is -2.76. The first-order valence-electron chi connectivity index (χ1n) is 20.1. The molecule has 0 spiro atoms. The van der Waals surface area contributed by atoms with Gasteiger partial charge in [0.05, 0.1) is 25.7 Å². The third-order valence-corrected chi connectivity index (χ3v) is 11.3. The molecule has 3 N–H and O–H groups in total. The average molecular weight is 818 g/mol. The molecule has 0 aliphatic carbocycles. The van der Waals surface area contributed by atoms with E-state index < -0.39 is 18.2 Å². The molecular weight excluding hydrogens is 771 g/mol. The number of rotatable bonds is 12. The van der Waals surface area contributed by atoms with Crippen LogP contribution >= 0.6 is 0 Å². The van der Waals surface area contributed by atoms with E-state index in [-0.39, 0.29) is 62.6 Å². The van der Waals surface area contributed by atoms with Crippen molar-refractivity contribution in [2.45, 2.75) is 31.7 Å². The lowest BCUT2D eigenvalue weighted by atomic mass is 9.97. The van der Waals surface area contributed by atoms with E-state index in [4.69, 9.17) is 4.74 Å². The summed E-state index contributed by atoms with van der Waals surface area (Å²) in [6, 6.07) is 35.4. The zero-order valence-electron chi connectivity index (χ0n) is 34.0. The molecule has 13 heteroatoms. The fourth-order valence-electron chi connectivity index (χ4n) is 8.38. The zero-order valence-corrected chi connectivity index (χ0v) is 34.0. The molecule has 2 aliphatic rings. The van der Waals surface area contributed by atoms with Gasteiger partial charge in [0.25, 0.3) is 5.91 Å². The van der Waals surface area contributed by atoms with Gasteiger partial charge in [0.1, 0.15) is 23.7 Å². The summed E-state index contributed by atoms with van der Waals surface area (Å²) in [5, 5.41) is 20.2. The van der Waals surface area contributed by atoms with Gasteiger partial charge >= 0.3 is 6.03 Å². The third-order valence-electron chi connectivity index (χ3n) is 11.3. The Morgan fingerprint density at radius 3 is 2.39 bits per heavy atom. The van der Waals surface area contributed by atoms with Gasteiger partial charge in [-0.25, -0.2) is 14.8 Å². The highest BCUT2D eigenvalue weighted by Gasteiger charge is 2.51. The Morgan fingerprint density at radius 2 is 1.66 bits per heavy atom. The van der Waals surface area contributed by atoms with E-state index in [2.05, 4.69) is 17.2 Å². The van der Waals surface area contributed by atoms with Crippen LogP contribution in [-0.4, -0.2) is 92.2 Å². The summed E-state index contributed by atoms with van der Waals surface area (Å²) in [5.74, 6) is 0.0145. The van der Waals surface area contributed by atoms with Gasteiger partial charge in [-0.1, -0.05) is 78.9 Å². The van der Waals surface area contributed by atoms with Crippen LogP contribution in [0, 0.1) is 0 Å². The topological polar surface area (TPSA) is 140 Å². The number of urea groups is 1. The number of carbonyl (C=O) groups excluding carboxylic acids is 4. The molecule has 3 heterocycles. The maximum absolute atomic E-state index is 14.8. The van der Waals surface area contributed by atoms with Crippen LogP contribution in [-0.2, 0) is 36.1 Å². The number of carbonyl (C=O) groups is 4. The van der Waals surface area contributed by atoms with Crippen molar-refractivity contribution in [3.63, 3.8) is 0 Å². The lowest BCUT2D eigenvalue weighted by Gasteiger charge is -2.55. The van der Waals surface area contributed by atoms with Crippen molar-refractivity contribution in [1.29, 1.82) is 0 Å². The number of fused-ring (bicyclic) bond motifs is 2. The Labute approximate surface area is 354 Å². The number of para-hydroxylation sites is 1. The number of phenolic OH excluding ortho intramolecular Hbond substituents is 1. The number of aromatic nitrogens is 1. The quantitative estimate of drug-likeness (QED) is 0.119. The van der Waals surface area contributed by atoms with E-state index in [1.165, 1.54) is 0 Å². The van der Waals surface area contributed by atoms with Gasteiger partial charge in [-0.3, -0.25) is 14.4 Å². The third kappa shape index (κ3) is 8.41. The second-order valence-corrected chi connectivity index (χ2v) is 15.2. The van der Waals surface area contributed by atoms with Crippen molar-refractivity contribution in [2.75, 3.05) is 32.1 Å². The van der Waals surface area contributed by atoms with E-state index in [9.17, 15) is 24.3 Å². The van der Waals surface area contributed by atoms with E-state index in [1.54, 1.807) is 87.6 Å². The number of nitrogens with one attached hydrogen (secondary N) is 2. The van der Waals surface area contributed by atoms with Gasteiger partial charge in [0.15, 0.2) is 0 Å². The minimum absolute atomic E-state index is 0.0576. The first kappa shape index (κ1) is 40.4. The molecule has 0 saturated carbocycles. The van der Waals surface area contributed by atoms with Gasteiger partial charge in [-0.2, -0.15) is 0 Å². The highest BCUT2D eigenvalue weighted by Crippen LogP contribution is 2.35. The fraction of sp³-hybridized carbons (Fsp3) is 0.208. The number of phenols is 1. The Bertz CT molecular complexity index is 2590. The van der Waals surface area contributed by atoms with Crippen molar-refractivity contribution in [3.8, 4) is 22.6 Å². The van der Waals surface area contributed by atoms with Crippen LogP contribution in [0.1, 0.15) is 27.0 Å². The number of aromatic hydroxyl groups is 1. The SMILES string of the molecule is C=CCN1CC(=O)N2[C@@H](Cc3ccc(O)cc3)C(=O)N(Cc3cccc4c(-c5cccc(C(=O)Nc6ccc(OC)cc6)c5)cn(C)c34)C[C@@H]2N1C(=O)NCc1ccccc1. The number of hydrazine groups is 1. The molecule has 61 heavy (non-hydrogen) atoms. The first-order chi connectivity index (χ1) is 29.6.